The summed E-state index contributed by atoms with van der Waals surface area (Å²) in [6.45, 7) is 5.68. The quantitative estimate of drug-likeness (QED) is 0.320. The smallest absolute Gasteiger partial charge is 0.260 e. The summed E-state index contributed by atoms with van der Waals surface area (Å²) in [6, 6.07) is 15.5. The lowest BCUT2D eigenvalue weighted by atomic mass is 10.2. The lowest BCUT2D eigenvalue weighted by Gasteiger charge is -2.20. The number of thiazole rings is 1. The first-order valence-electron chi connectivity index (χ1n) is 10.2. The van der Waals surface area contributed by atoms with E-state index in [0.717, 1.165) is 26.6 Å². The van der Waals surface area contributed by atoms with Crippen molar-refractivity contribution in [3.63, 3.8) is 0 Å². The van der Waals surface area contributed by atoms with Crippen molar-refractivity contribution >= 4 is 44.4 Å². The van der Waals surface area contributed by atoms with Crippen LogP contribution >= 0.6 is 23.1 Å². The standard InChI is InChI=1S/C23H24N4O2S2/c1-3-29-19-7-5-8-20-21(19)25-23(31-20)27(16-15-26-14-6-13-24-26)22(28)17-9-11-18(12-10-17)30-4-2/h5-14H,3-4,15-16H2,1-2H3. The van der Waals surface area contributed by atoms with Crippen LogP contribution in [0, 0.1) is 0 Å². The first kappa shape index (κ1) is 21.4. The van der Waals surface area contributed by atoms with Gasteiger partial charge in [0.15, 0.2) is 5.13 Å². The van der Waals surface area contributed by atoms with E-state index < -0.39 is 0 Å². The number of thioether (sulfide) groups is 1. The molecule has 0 aliphatic carbocycles. The van der Waals surface area contributed by atoms with Gasteiger partial charge in [-0.05, 0) is 55.1 Å². The van der Waals surface area contributed by atoms with Crippen LogP contribution in [0.2, 0.25) is 0 Å². The van der Waals surface area contributed by atoms with Gasteiger partial charge in [-0.25, -0.2) is 4.98 Å². The Morgan fingerprint density at radius 2 is 2.00 bits per heavy atom. The molecule has 0 aliphatic rings. The summed E-state index contributed by atoms with van der Waals surface area (Å²) >= 11 is 3.25. The van der Waals surface area contributed by atoms with Crippen LogP contribution in [0.25, 0.3) is 10.2 Å². The second-order valence-electron chi connectivity index (χ2n) is 6.72. The highest BCUT2D eigenvalue weighted by atomic mass is 32.2. The van der Waals surface area contributed by atoms with Crippen LogP contribution in [0.5, 0.6) is 5.75 Å². The van der Waals surface area contributed by atoms with Crippen LogP contribution < -0.4 is 9.64 Å². The van der Waals surface area contributed by atoms with Crippen molar-refractivity contribution in [2.75, 3.05) is 23.8 Å². The molecule has 6 nitrogen and oxygen atoms in total. The number of para-hydroxylation sites is 1. The Hall–Kier alpha value is -2.84. The molecule has 0 unspecified atom stereocenters. The van der Waals surface area contributed by atoms with Gasteiger partial charge in [-0.2, -0.15) is 5.10 Å². The summed E-state index contributed by atoms with van der Waals surface area (Å²) in [5.74, 6) is 1.66. The fraction of sp³-hybridized carbons (Fsp3) is 0.261. The van der Waals surface area contributed by atoms with Crippen molar-refractivity contribution in [2.24, 2.45) is 0 Å². The fourth-order valence-corrected chi connectivity index (χ4v) is 4.90. The zero-order valence-corrected chi connectivity index (χ0v) is 19.2. The minimum absolute atomic E-state index is 0.0720. The van der Waals surface area contributed by atoms with Crippen LogP contribution in [0.4, 0.5) is 5.13 Å². The normalized spacial score (nSPS) is 11.0. The highest BCUT2D eigenvalue weighted by Crippen LogP contribution is 2.35. The number of anilines is 1. The van der Waals surface area contributed by atoms with Gasteiger partial charge in [0.1, 0.15) is 11.3 Å². The SMILES string of the molecule is CCOc1cccc2sc(N(CCn3cccn3)C(=O)c3ccc(SCC)cc3)nc12. The summed E-state index contributed by atoms with van der Waals surface area (Å²) in [4.78, 5) is 21.2. The summed E-state index contributed by atoms with van der Waals surface area (Å²) in [5.41, 5.74) is 1.43. The van der Waals surface area contributed by atoms with Crippen LogP contribution in [-0.2, 0) is 6.54 Å². The first-order valence-corrected chi connectivity index (χ1v) is 12.0. The van der Waals surface area contributed by atoms with Crippen LogP contribution in [0.3, 0.4) is 0 Å². The Balaban J connectivity index is 1.67. The van der Waals surface area contributed by atoms with E-state index in [1.165, 1.54) is 11.3 Å². The number of carbonyl (C=O) groups excluding carboxylic acids is 1. The first-order chi connectivity index (χ1) is 15.2. The molecule has 0 fully saturated rings. The molecule has 0 aliphatic heterocycles. The van der Waals surface area contributed by atoms with Crippen molar-refractivity contribution in [1.29, 1.82) is 0 Å². The molecule has 0 atom stereocenters. The Morgan fingerprint density at radius 3 is 2.71 bits per heavy atom. The lowest BCUT2D eigenvalue weighted by molar-refractivity contribution is 0.0985. The van der Waals surface area contributed by atoms with Crippen LogP contribution in [-0.4, -0.2) is 39.6 Å². The number of amides is 1. The lowest BCUT2D eigenvalue weighted by Crippen LogP contribution is -2.34. The largest absolute Gasteiger partial charge is 0.492 e. The molecular weight excluding hydrogens is 428 g/mol. The molecular formula is C23H24N4O2S2. The van der Waals surface area contributed by atoms with Crippen molar-refractivity contribution < 1.29 is 9.53 Å². The Kier molecular flexibility index (Phi) is 6.89. The van der Waals surface area contributed by atoms with E-state index in [1.807, 2.05) is 66.3 Å². The molecule has 0 radical (unpaired) electrons. The maximum absolute atomic E-state index is 13.5. The third kappa shape index (κ3) is 4.91. The summed E-state index contributed by atoms with van der Waals surface area (Å²) in [5, 5.41) is 4.92. The highest BCUT2D eigenvalue weighted by molar-refractivity contribution is 7.99. The van der Waals surface area contributed by atoms with Gasteiger partial charge < -0.3 is 4.74 Å². The van der Waals surface area contributed by atoms with Crippen molar-refractivity contribution in [1.82, 2.24) is 14.8 Å². The molecule has 8 heteroatoms. The number of aromatic nitrogens is 3. The molecule has 160 valence electrons. The van der Waals surface area contributed by atoms with Gasteiger partial charge in [-0.3, -0.25) is 14.4 Å². The monoisotopic (exact) mass is 452 g/mol. The molecule has 0 saturated carbocycles. The maximum atomic E-state index is 13.5. The predicted octanol–water partition coefficient (Wildman–Crippen LogP) is 5.35. The second-order valence-corrected chi connectivity index (χ2v) is 9.06. The second kappa shape index (κ2) is 9.98. The van der Waals surface area contributed by atoms with Gasteiger partial charge in [0.2, 0.25) is 0 Å². The van der Waals surface area contributed by atoms with Crippen molar-refractivity contribution in [3.05, 3.63) is 66.5 Å². The van der Waals surface area contributed by atoms with E-state index in [-0.39, 0.29) is 5.91 Å². The molecule has 31 heavy (non-hydrogen) atoms. The summed E-state index contributed by atoms with van der Waals surface area (Å²) < 4.78 is 8.55. The summed E-state index contributed by atoms with van der Waals surface area (Å²) in [6.07, 6.45) is 3.63. The van der Waals surface area contributed by atoms with E-state index in [2.05, 4.69) is 12.0 Å². The Morgan fingerprint density at radius 1 is 1.16 bits per heavy atom. The molecule has 4 rings (SSSR count). The molecule has 4 aromatic rings. The number of ether oxygens (including phenoxy) is 1. The average Bonchev–Trinajstić information content (AvgIpc) is 3.45. The number of rotatable bonds is 9. The minimum atomic E-state index is -0.0720. The predicted molar refractivity (Wildman–Crippen MR) is 128 cm³/mol. The zero-order chi connectivity index (χ0) is 21.6. The number of fused-ring (bicyclic) bond motifs is 1. The Labute approximate surface area is 189 Å². The molecule has 0 spiro atoms. The molecule has 2 aromatic heterocycles. The van der Waals surface area contributed by atoms with E-state index in [9.17, 15) is 4.79 Å². The molecule has 1 amide bonds. The number of nitrogens with zero attached hydrogens (tertiary/aromatic N) is 4. The summed E-state index contributed by atoms with van der Waals surface area (Å²) in [7, 11) is 0. The van der Waals surface area contributed by atoms with Gasteiger partial charge in [-0.1, -0.05) is 24.3 Å². The van der Waals surface area contributed by atoms with Crippen LogP contribution in [0.1, 0.15) is 24.2 Å². The molecule has 0 N–H and O–H groups in total. The Bertz CT molecular complexity index is 1140. The van der Waals surface area contributed by atoms with Gasteiger partial charge in [0.25, 0.3) is 5.91 Å². The fourth-order valence-electron chi connectivity index (χ4n) is 3.23. The highest BCUT2D eigenvalue weighted by Gasteiger charge is 2.22. The third-order valence-corrected chi connectivity index (χ3v) is 6.61. The third-order valence-electron chi connectivity index (χ3n) is 4.67. The molecule has 0 saturated heterocycles. The van der Waals surface area contributed by atoms with E-state index in [1.54, 1.807) is 22.9 Å². The maximum Gasteiger partial charge on any atom is 0.260 e. The van der Waals surface area contributed by atoms with Crippen molar-refractivity contribution in [3.8, 4) is 5.75 Å². The molecule has 2 heterocycles. The van der Waals surface area contributed by atoms with Gasteiger partial charge >= 0.3 is 0 Å². The van der Waals surface area contributed by atoms with E-state index in [4.69, 9.17) is 9.72 Å². The zero-order valence-electron chi connectivity index (χ0n) is 17.5. The number of carbonyl (C=O) groups is 1. The van der Waals surface area contributed by atoms with Gasteiger partial charge in [0.05, 0.1) is 17.9 Å². The topological polar surface area (TPSA) is 60.2 Å². The van der Waals surface area contributed by atoms with Gasteiger partial charge in [-0.15, -0.1) is 11.8 Å². The number of hydrogen-bond acceptors (Lipinski definition) is 6. The minimum Gasteiger partial charge on any atom is -0.492 e. The number of hydrogen-bond donors (Lipinski definition) is 0. The molecule has 2 aromatic carbocycles. The van der Waals surface area contributed by atoms with Gasteiger partial charge in [0, 0.05) is 29.4 Å². The molecule has 0 bridgehead atoms. The van der Waals surface area contributed by atoms with E-state index in [0.29, 0.717) is 30.4 Å². The van der Waals surface area contributed by atoms with Crippen molar-refractivity contribution in [2.45, 2.75) is 25.3 Å². The van der Waals surface area contributed by atoms with Crippen LogP contribution in [0.15, 0.2) is 65.8 Å². The average molecular weight is 453 g/mol. The van der Waals surface area contributed by atoms with E-state index >= 15 is 0 Å². The number of benzene rings is 2.